The summed E-state index contributed by atoms with van der Waals surface area (Å²) in [5, 5.41) is 3.92. The third-order valence-corrected chi connectivity index (χ3v) is 4.92. The first-order valence-corrected chi connectivity index (χ1v) is 9.11. The fourth-order valence-corrected chi connectivity index (χ4v) is 3.12. The highest BCUT2D eigenvalue weighted by molar-refractivity contribution is 5.79. The molecule has 0 bridgehead atoms. The Morgan fingerprint density at radius 2 is 1.70 bits per heavy atom. The number of hydrogen-bond donors (Lipinski definition) is 0. The first kappa shape index (κ1) is 18.9. The van der Waals surface area contributed by atoms with Gasteiger partial charge in [0.2, 0.25) is 11.8 Å². The van der Waals surface area contributed by atoms with Crippen LogP contribution >= 0.6 is 0 Å². The van der Waals surface area contributed by atoms with Crippen LogP contribution in [0.25, 0.3) is 0 Å². The van der Waals surface area contributed by atoms with Gasteiger partial charge in [0.25, 0.3) is 0 Å². The zero-order chi connectivity index (χ0) is 19.4. The van der Waals surface area contributed by atoms with Crippen LogP contribution in [0.15, 0.2) is 28.8 Å². The van der Waals surface area contributed by atoms with E-state index in [0.717, 1.165) is 28.3 Å². The van der Waals surface area contributed by atoms with Crippen LogP contribution < -0.4 is 4.74 Å². The van der Waals surface area contributed by atoms with Crippen molar-refractivity contribution in [2.45, 2.75) is 33.8 Å². The molecule has 2 heterocycles. The number of aryl methyl sites for hydroxylation is 2. The van der Waals surface area contributed by atoms with E-state index in [-0.39, 0.29) is 11.8 Å². The number of carbonyl (C=O) groups excluding carboxylic acids is 2. The Labute approximate surface area is 158 Å². The van der Waals surface area contributed by atoms with Gasteiger partial charge in [0.15, 0.2) is 0 Å². The predicted molar refractivity (Wildman–Crippen MR) is 99.3 cm³/mol. The number of nitrogens with zero attached hydrogens (tertiary/aromatic N) is 3. The van der Waals surface area contributed by atoms with Crippen LogP contribution in [0, 0.1) is 13.8 Å². The van der Waals surface area contributed by atoms with Crippen LogP contribution in [0.1, 0.15) is 29.5 Å². The van der Waals surface area contributed by atoms with Gasteiger partial charge in [0, 0.05) is 33.1 Å². The number of hydrogen-bond acceptors (Lipinski definition) is 5. The van der Waals surface area contributed by atoms with E-state index in [1.165, 1.54) is 0 Å². The Hall–Kier alpha value is -2.83. The zero-order valence-corrected chi connectivity index (χ0v) is 16.0. The standard InChI is InChI=1S/C20H25N3O4/c1-14-19(15(2)27-21-14)13-26-18-6-4-17(5-7-18)12-20(25)23-10-8-22(9-11-23)16(3)24/h4-7H,8-13H2,1-3H3. The summed E-state index contributed by atoms with van der Waals surface area (Å²) in [6, 6.07) is 7.56. The maximum absolute atomic E-state index is 12.5. The molecule has 3 rings (SSSR count). The largest absolute Gasteiger partial charge is 0.489 e. The molecule has 0 unspecified atom stereocenters. The molecule has 7 nitrogen and oxygen atoms in total. The number of ether oxygens (including phenoxy) is 1. The molecular weight excluding hydrogens is 346 g/mol. The Kier molecular flexibility index (Phi) is 5.78. The maximum atomic E-state index is 12.5. The summed E-state index contributed by atoms with van der Waals surface area (Å²) in [6.07, 6.45) is 0.351. The summed E-state index contributed by atoms with van der Waals surface area (Å²) in [6.45, 7) is 8.12. The molecule has 2 amide bonds. The van der Waals surface area contributed by atoms with Crippen molar-refractivity contribution in [1.82, 2.24) is 15.0 Å². The minimum absolute atomic E-state index is 0.0641. The monoisotopic (exact) mass is 371 g/mol. The fraction of sp³-hybridized carbons (Fsp3) is 0.450. The van der Waals surface area contributed by atoms with E-state index in [1.54, 1.807) is 11.8 Å². The van der Waals surface area contributed by atoms with Crippen molar-refractivity contribution in [2.24, 2.45) is 0 Å². The number of amides is 2. The van der Waals surface area contributed by atoms with E-state index in [9.17, 15) is 9.59 Å². The molecule has 144 valence electrons. The minimum atomic E-state index is 0.0641. The van der Waals surface area contributed by atoms with Gasteiger partial charge in [-0.25, -0.2) is 0 Å². The highest BCUT2D eigenvalue weighted by Gasteiger charge is 2.22. The van der Waals surface area contributed by atoms with Crippen LogP contribution in [-0.2, 0) is 22.6 Å². The molecule has 1 aliphatic heterocycles. The second-order valence-electron chi connectivity index (χ2n) is 6.80. The van der Waals surface area contributed by atoms with E-state index in [1.807, 2.05) is 43.0 Å². The quantitative estimate of drug-likeness (QED) is 0.805. The van der Waals surface area contributed by atoms with Crippen molar-refractivity contribution in [3.05, 3.63) is 46.8 Å². The van der Waals surface area contributed by atoms with Gasteiger partial charge in [-0.3, -0.25) is 9.59 Å². The molecule has 1 fully saturated rings. The average Bonchev–Trinajstić information content (AvgIpc) is 2.99. The van der Waals surface area contributed by atoms with Gasteiger partial charge in [-0.15, -0.1) is 0 Å². The summed E-state index contributed by atoms with van der Waals surface area (Å²) in [5.74, 6) is 1.65. The first-order valence-electron chi connectivity index (χ1n) is 9.11. The smallest absolute Gasteiger partial charge is 0.227 e. The zero-order valence-electron chi connectivity index (χ0n) is 16.0. The lowest BCUT2D eigenvalue weighted by Gasteiger charge is -2.34. The normalized spacial score (nSPS) is 14.3. The molecule has 1 aliphatic rings. The minimum Gasteiger partial charge on any atom is -0.489 e. The Balaban J connectivity index is 1.50. The van der Waals surface area contributed by atoms with Crippen molar-refractivity contribution < 1.29 is 18.8 Å². The van der Waals surface area contributed by atoms with Crippen LogP contribution in [0.5, 0.6) is 5.75 Å². The van der Waals surface area contributed by atoms with Gasteiger partial charge >= 0.3 is 0 Å². The summed E-state index contributed by atoms with van der Waals surface area (Å²) >= 11 is 0. The van der Waals surface area contributed by atoms with Crippen LogP contribution in [0.4, 0.5) is 0 Å². The Morgan fingerprint density at radius 1 is 1.07 bits per heavy atom. The third kappa shape index (κ3) is 4.67. The highest BCUT2D eigenvalue weighted by Crippen LogP contribution is 2.18. The van der Waals surface area contributed by atoms with Crippen LogP contribution in [-0.4, -0.2) is 52.9 Å². The SMILES string of the molecule is CC(=O)N1CCN(C(=O)Cc2ccc(OCc3c(C)noc3C)cc2)CC1. The molecule has 0 aliphatic carbocycles. The van der Waals surface area contributed by atoms with Gasteiger partial charge in [0.05, 0.1) is 17.7 Å². The summed E-state index contributed by atoms with van der Waals surface area (Å²) < 4.78 is 10.9. The van der Waals surface area contributed by atoms with Crippen LogP contribution in [0.3, 0.4) is 0 Å². The Bertz CT molecular complexity index is 786. The van der Waals surface area contributed by atoms with Gasteiger partial charge in [-0.2, -0.15) is 0 Å². The number of rotatable bonds is 5. The third-order valence-electron chi connectivity index (χ3n) is 4.92. The fourth-order valence-electron chi connectivity index (χ4n) is 3.12. The Morgan fingerprint density at radius 3 is 2.26 bits per heavy atom. The molecule has 1 saturated heterocycles. The van der Waals surface area contributed by atoms with E-state index in [2.05, 4.69) is 5.16 Å². The van der Waals surface area contributed by atoms with Crippen molar-refractivity contribution in [3.8, 4) is 5.75 Å². The lowest BCUT2D eigenvalue weighted by molar-refractivity contribution is -0.138. The summed E-state index contributed by atoms with van der Waals surface area (Å²) in [4.78, 5) is 27.4. The lowest BCUT2D eigenvalue weighted by atomic mass is 10.1. The second-order valence-corrected chi connectivity index (χ2v) is 6.80. The number of benzene rings is 1. The molecule has 0 atom stereocenters. The maximum Gasteiger partial charge on any atom is 0.227 e. The molecule has 1 aromatic carbocycles. The van der Waals surface area contributed by atoms with Crippen molar-refractivity contribution in [1.29, 1.82) is 0 Å². The number of piperazine rings is 1. The van der Waals surface area contributed by atoms with Crippen molar-refractivity contribution >= 4 is 11.8 Å². The van der Waals surface area contributed by atoms with E-state index >= 15 is 0 Å². The predicted octanol–water partition coefficient (Wildman–Crippen LogP) is 2.10. The molecule has 7 heteroatoms. The molecule has 0 saturated carbocycles. The van der Waals surface area contributed by atoms with E-state index in [4.69, 9.17) is 9.26 Å². The van der Waals surface area contributed by atoms with Crippen molar-refractivity contribution in [2.75, 3.05) is 26.2 Å². The first-order chi connectivity index (χ1) is 12.9. The summed E-state index contributed by atoms with van der Waals surface area (Å²) in [7, 11) is 0. The topological polar surface area (TPSA) is 75.9 Å². The lowest BCUT2D eigenvalue weighted by Crippen LogP contribution is -2.50. The molecule has 0 N–H and O–H groups in total. The van der Waals surface area contributed by atoms with Crippen molar-refractivity contribution in [3.63, 3.8) is 0 Å². The summed E-state index contributed by atoms with van der Waals surface area (Å²) in [5.41, 5.74) is 2.73. The van der Waals surface area contributed by atoms with E-state index < -0.39 is 0 Å². The van der Waals surface area contributed by atoms with Gasteiger partial charge in [-0.1, -0.05) is 17.3 Å². The average molecular weight is 371 g/mol. The number of aromatic nitrogens is 1. The molecule has 2 aromatic rings. The molecule has 0 radical (unpaired) electrons. The molecule has 1 aromatic heterocycles. The van der Waals surface area contributed by atoms with Gasteiger partial charge in [0.1, 0.15) is 18.1 Å². The van der Waals surface area contributed by atoms with Gasteiger partial charge < -0.3 is 19.1 Å². The van der Waals surface area contributed by atoms with Crippen LogP contribution in [0.2, 0.25) is 0 Å². The molecular formula is C20H25N3O4. The second kappa shape index (κ2) is 8.24. The van der Waals surface area contributed by atoms with E-state index in [0.29, 0.717) is 39.2 Å². The number of carbonyl (C=O) groups is 2. The highest BCUT2D eigenvalue weighted by atomic mass is 16.5. The molecule has 0 spiro atoms. The molecule has 27 heavy (non-hydrogen) atoms. The van der Waals surface area contributed by atoms with Gasteiger partial charge in [-0.05, 0) is 31.5 Å².